The molecule has 0 saturated carbocycles. The van der Waals surface area contributed by atoms with Gasteiger partial charge >= 0.3 is 0 Å². The lowest BCUT2D eigenvalue weighted by molar-refractivity contribution is 0.665. The summed E-state index contributed by atoms with van der Waals surface area (Å²) in [5.41, 5.74) is 8.68. The average Bonchev–Trinajstić information content (AvgIpc) is 2.49. The zero-order chi connectivity index (χ0) is 14.7. The Hall–Kier alpha value is -1.83. The van der Waals surface area contributed by atoms with Crippen LogP contribution in [0.2, 0.25) is 5.02 Å². The van der Waals surface area contributed by atoms with E-state index in [-0.39, 0.29) is 6.04 Å². The van der Waals surface area contributed by atoms with Crippen molar-refractivity contribution in [2.75, 3.05) is 0 Å². The molecule has 0 fully saturated rings. The summed E-state index contributed by atoms with van der Waals surface area (Å²) in [4.78, 5) is 0. The summed E-state index contributed by atoms with van der Waals surface area (Å²) >= 11 is 6.19. The van der Waals surface area contributed by atoms with Crippen molar-refractivity contribution in [3.8, 4) is 0 Å². The first-order valence-electron chi connectivity index (χ1n) is 7.19. The van der Waals surface area contributed by atoms with Crippen LogP contribution in [0.25, 0.3) is 10.8 Å². The number of hydrogen-bond acceptors (Lipinski definition) is 1. The Balaban J connectivity index is 1.74. The van der Waals surface area contributed by atoms with Crippen LogP contribution in [-0.4, -0.2) is 6.04 Å². The predicted octanol–water partition coefficient (Wildman–Crippen LogP) is 4.61. The topological polar surface area (TPSA) is 26.0 Å². The second-order valence-electron chi connectivity index (χ2n) is 5.44. The maximum absolute atomic E-state index is 6.29. The number of nitrogens with two attached hydrogens (primary N) is 1. The minimum Gasteiger partial charge on any atom is -0.327 e. The van der Waals surface area contributed by atoms with Crippen LogP contribution >= 0.6 is 11.6 Å². The second kappa shape index (κ2) is 6.30. The van der Waals surface area contributed by atoms with Crippen LogP contribution < -0.4 is 5.73 Å². The van der Waals surface area contributed by atoms with Gasteiger partial charge in [-0.3, -0.25) is 0 Å². The average molecular weight is 296 g/mol. The van der Waals surface area contributed by atoms with Gasteiger partial charge in [0.1, 0.15) is 0 Å². The monoisotopic (exact) mass is 295 g/mol. The smallest absolute Gasteiger partial charge is 0.0438 e. The summed E-state index contributed by atoms with van der Waals surface area (Å²) < 4.78 is 0. The third kappa shape index (κ3) is 3.44. The standard InChI is InChI=1S/C19H18ClN/c20-19-8-4-3-7-17(19)13-18(21)12-14-9-10-15-5-1-2-6-16(15)11-14/h1-11,18H,12-13,21H2. The van der Waals surface area contributed by atoms with Crippen LogP contribution in [0.5, 0.6) is 0 Å². The van der Waals surface area contributed by atoms with Gasteiger partial charge in [0.05, 0.1) is 0 Å². The normalized spacial score (nSPS) is 12.5. The number of benzene rings is 3. The molecule has 1 nitrogen and oxygen atoms in total. The number of halogens is 1. The van der Waals surface area contributed by atoms with Crippen LogP contribution in [0.3, 0.4) is 0 Å². The predicted molar refractivity (Wildman–Crippen MR) is 90.8 cm³/mol. The Labute approximate surface area is 130 Å². The maximum Gasteiger partial charge on any atom is 0.0438 e. The molecule has 0 radical (unpaired) electrons. The van der Waals surface area contributed by atoms with Gasteiger partial charge < -0.3 is 5.73 Å². The molecule has 2 heteroatoms. The van der Waals surface area contributed by atoms with E-state index in [1.54, 1.807) is 0 Å². The fourth-order valence-electron chi connectivity index (χ4n) is 2.69. The van der Waals surface area contributed by atoms with E-state index in [1.807, 2.05) is 24.3 Å². The largest absolute Gasteiger partial charge is 0.327 e. The summed E-state index contributed by atoms with van der Waals surface area (Å²) in [6.07, 6.45) is 1.66. The number of hydrogen-bond donors (Lipinski definition) is 1. The van der Waals surface area contributed by atoms with Crippen LogP contribution in [0.15, 0.2) is 66.7 Å². The Bertz CT molecular complexity index is 751. The van der Waals surface area contributed by atoms with Gasteiger partial charge in [0, 0.05) is 11.1 Å². The number of fused-ring (bicyclic) bond motifs is 1. The minimum absolute atomic E-state index is 0.0751. The number of rotatable bonds is 4. The molecule has 3 aromatic carbocycles. The van der Waals surface area contributed by atoms with Crippen molar-refractivity contribution in [1.82, 2.24) is 0 Å². The van der Waals surface area contributed by atoms with Gasteiger partial charge in [-0.25, -0.2) is 0 Å². The minimum atomic E-state index is 0.0751. The molecule has 3 aromatic rings. The Morgan fingerprint density at radius 1 is 0.810 bits per heavy atom. The van der Waals surface area contributed by atoms with Gasteiger partial charge in [0.15, 0.2) is 0 Å². The van der Waals surface area contributed by atoms with E-state index in [2.05, 4.69) is 42.5 Å². The van der Waals surface area contributed by atoms with Crippen LogP contribution in [0, 0.1) is 0 Å². The Kier molecular flexibility index (Phi) is 4.23. The van der Waals surface area contributed by atoms with E-state index >= 15 is 0 Å². The molecule has 0 spiro atoms. The first-order chi connectivity index (χ1) is 10.2. The lowest BCUT2D eigenvalue weighted by Gasteiger charge is -2.13. The van der Waals surface area contributed by atoms with Crippen LogP contribution in [0.4, 0.5) is 0 Å². The molecule has 1 unspecified atom stereocenters. The summed E-state index contributed by atoms with van der Waals surface area (Å²) in [5, 5.41) is 3.33. The van der Waals surface area contributed by atoms with E-state index in [9.17, 15) is 0 Å². The first kappa shape index (κ1) is 14.1. The van der Waals surface area contributed by atoms with Crippen LogP contribution in [0.1, 0.15) is 11.1 Å². The maximum atomic E-state index is 6.29. The third-order valence-corrected chi connectivity index (χ3v) is 4.12. The van der Waals surface area contributed by atoms with Crippen molar-refractivity contribution in [2.45, 2.75) is 18.9 Å². The van der Waals surface area contributed by atoms with Gasteiger partial charge in [0.25, 0.3) is 0 Å². The summed E-state index contributed by atoms with van der Waals surface area (Å²) in [5.74, 6) is 0. The van der Waals surface area contributed by atoms with E-state index in [4.69, 9.17) is 17.3 Å². The molecule has 106 valence electrons. The van der Waals surface area contributed by atoms with E-state index in [0.29, 0.717) is 0 Å². The second-order valence-corrected chi connectivity index (χ2v) is 5.85. The van der Waals surface area contributed by atoms with Crippen molar-refractivity contribution in [2.24, 2.45) is 5.73 Å². The summed E-state index contributed by atoms with van der Waals surface area (Å²) in [6.45, 7) is 0. The zero-order valence-corrected chi connectivity index (χ0v) is 12.6. The molecule has 3 rings (SSSR count). The van der Waals surface area contributed by atoms with Crippen molar-refractivity contribution >= 4 is 22.4 Å². The van der Waals surface area contributed by atoms with Crippen molar-refractivity contribution in [1.29, 1.82) is 0 Å². The van der Waals surface area contributed by atoms with Gasteiger partial charge in [-0.2, -0.15) is 0 Å². The van der Waals surface area contributed by atoms with Gasteiger partial charge in [-0.1, -0.05) is 72.3 Å². The fourth-order valence-corrected chi connectivity index (χ4v) is 2.90. The van der Waals surface area contributed by atoms with Crippen LogP contribution in [-0.2, 0) is 12.8 Å². The molecule has 0 aliphatic heterocycles. The SMILES string of the molecule is NC(Cc1ccc2ccccc2c1)Cc1ccccc1Cl. The van der Waals surface area contributed by atoms with E-state index in [0.717, 1.165) is 23.4 Å². The Morgan fingerprint density at radius 2 is 1.52 bits per heavy atom. The lowest BCUT2D eigenvalue weighted by Crippen LogP contribution is -2.25. The molecule has 21 heavy (non-hydrogen) atoms. The molecule has 0 heterocycles. The zero-order valence-electron chi connectivity index (χ0n) is 11.8. The molecular formula is C19H18ClN. The molecule has 0 aliphatic rings. The molecule has 0 aliphatic carbocycles. The van der Waals surface area contributed by atoms with Gasteiger partial charge in [-0.05, 0) is 40.8 Å². The van der Waals surface area contributed by atoms with Crippen molar-refractivity contribution in [3.63, 3.8) is 0 Å². The summed E-state index contributed by atoms with van der Waals surface area (Å²) in [7, 11) is 0. The highest BCUT2D eigenvalue weighted by Gasteiger charge is 2.08. The van der Waals surface area contributed by atoms with Gasteiger partial charge in [-0.15, -0.1) is 0 Å². The van der Waals surface area contributed by atoms with Crippen molar-refractivity contribution in [3.05, 3.63) is 82.9 Å². The lowest BCUT2D eigenvalue weighted by atomic mass is 9.98. The highest BCUT2D eigenvalue weighted by molar-refractivity contribution is 6.31. The molecule has 0 aromatic heterocycles. The molecular weight excluding hydrogens is 278 g/mol. The first-order valence-corrected chi connectivity index (χ1v) is 7.57. The molecule has 0 bridgehead atoms. The van der Waals surface area contributed by atoms with E-state index < -0.39 is 0 Å². The molecule has 2 N–H and O–H groups in total. The molecule has 0 amide bonds. The Morgan fingerprint density at radius 3 is 2.33 bits per heavy atom. The van der Waals surface area contributed by atoms with Crippen molar-refractivity contribution < 1.29 is 0 Å². The summed E-state index contributed by atoms with van der Waals surface area (Å²) in [6, 6.07) is 22.9. The molecule has 0 saturated heterocycles. The highest BCUT2D eigenvalue weighted by atomic mass is 35.5. The van der Waals surface area contributed by atoms with Gasteiger partial charge in [0.2, 0.25) is 0 Å². The quantitative estimate of drug-likeness (QED) is 0.747. The molecule has 1 atom stereocenters. The van der Waals surface area contributed by atoms with E-state index in [1.165, 1.54) is 16.3 Å². The third-order valence-electron chi connectivity index (χ3n) is 3.75. The highest BCUT2D eigenvalue weighted by Crippen LogP contribution is 2.19. The fraction of sp³-hybridized carbons (Fsp3) is 0.158.